The Balaban J connectivity index is 2.07. The summed E-state index contributed by atoms with van der Waals surface area (Å²) in [5.41, 5.74) is -0.211. The molecule has 0 saturated heterocycles. The molecule has 2 aromatic heterocycles. The quantitative estimate of drug-likeness (QED) is 0.760. The van der Waals surface area contributed by atoms with Crippen LogP contribution < -0.4 is 5.56 Å². The van der Waals surface area contributed by atoms with Crippen molar-refractivity contribution in [3.05, 3.63) is 58.3 Å². The van der Waals surface area contributed by atoms with Gasteiger partial charge in [-0.3, -0.25) is 9.48 Å². The van der Waals surface area contributed by atoms with E-state index < -0.39 is 11.6 Å². The molecule has 0 radical (unpaired) electrons. The van der Waals surface area contributed by atoms with Crippen molar-refractivity contribution in [1.29, 1.82) is 0 Å². The van der Waals surface area contributed by atoms with Crippen molar-refractivity contribution in [2.24, 2.45) is 0 Å². The fourth-order valence-electron chi connectivity index (χ4n) is 1.82. The van der Waals surface area contributed by atoms with Gasteiger partial charge in [0.05, 0.1) is 12.9 Å². The van der Waals surface area contributed by atoms with Gasteiger partial charge in [0.15, 0.2) is 5.65 Å². The van der Waals surface area contributed by atoms with Crippen molar-refractivity contribution in [2.75, 3.05) is 0 Å². The van der Waals surface area contributed by atoms with Crippen LogP contribution in [-0.2, 0) is 6.54 Å². The lowest BCUT2D eigenvalue weighted by Crippen LogP contribution is -2.05. The Morgan fingerprint density at radius 1 is 1.26 bits per heavy atom. The topological polar surface area (TPSA) is 63.6 Å². The van der Waals surface area contributed by atoms with Gasteiger partial charge < -0.3 is 4.98 Å². The summed E-state index contributed by atoms with van der Waals surface area (Å²) in [6, 6.07) is 3.64. The zero-order valence-electron chi connectivity index (χ0n) is 9.60. The van der Waals surface area contributed by atoms with E-state index in [4.69, 9.17) is 0 Å². The highest BCUT2D eigenvalue weighted by Gasteiger charge is 2.11. The van der Waals surface area contributed by atoms with Crippen LogP contribution in [0.25, 0.3) is 11.0 Å². The number of hydrogen-bond donors (Lipinski definition) is 1. The second-order valence-corrected chi connectivity index (χ2v) is 4.00. The summed E-state index contributed by atoms with van der Waals surface area (Å²) in [6.07, 6.45) is 2.64. The van der Waals surface area contributed by atoms with E-state index in [2.05, 4.69) is 15.1 Å². The molecule has 0 fully saturated rings. The molecule has 0 spiro atoms. The van der Waals surface area contributed by atoms with Gasteiger partial charge in [-0.2, -0.15) is 5.10 Å². The lowest BCUT2D eigenvalue weighted by molar-refractivity contribution is 0.534. The molecule has 1 aromatic carbocycles. The summed E-state index contributed by atoms with van der Waals surface area (Å²) in [6.45, 7) is -0.103. The van der Waals surface area contributed by atoms with Gasteiger partial charge in [0.25, 0.3) is 5.56 Å². The molecular weight excluding hydrogens is 254 g/mol. The predicted molar refractivity (Wildman–Crippen MR) is 63.6 cm³/mol. The van der Waals surface area contributed by atoms with E-state index in [1.165, 1.54) is 35.4 Å². The Kier molecular flexibility index (Phi) is 2.59. The first-order chi connectivity index (χ1) is 9.15. The molecule has 0 atom stereocenters. The minimum Gasteiger partial charge on any atom is -0.312 e. The molecule has 2 heterocycles. The number of fused-ring (bicyclic) bond motifs is 1. The van der Waals surface area contributed by atoms with E-state index in [9.17, 15) is 13.6 Å². The summed E-state index contributed by atoms with van der Waals surface area (Å²) in [5.74, 6) is -1.30. The molecule has 5 nitrogen and oxygen atoms in total. The summed E-state index contributed by atoms with van der Waals surface area (Å²) in [7, 11) is 0. The summed E-state index contributed by atoms with van der Waals surface area (Å²) in [4.78, 5) is 17.8. The molecule has 0 aliphatic heterocycles. The maximum absolute atomic E-state index is 13.5. The van der Waals surface area contributed by atoms with Crippen LogP contribution in [0.2, 0.25) is 0 Å². The Bertz CT molecular complexity index is 789. The van der Waals surface area contributed by atoms with Crippen molar-refractivity contribution in [2.45, 2.75) is 6.54 Å². The number of nitrogens with zero attached hydrogens (tertiary/aromatic N) is 3. The lowest BCUT2D eigenvalue weighted by atomic mass is 10.2. The van der Waals surface area contributed by atoms with Crippen LogP contribution in [0.1, 0.15) is 5.56 Å². The standard InChI is InChI=1S/C12H8F2N4O/c13-9-2-1-3-10(14)7(9)4-18-5-8-11(17-18)15-6-16-12(8)19/h1-3,5-6H,4H2,(H,15,16,17,19). The Morgan fingerprint density at radius 3 is 2.68 bits per heavy atom. The van der Waals surface area contributed by atoms with Crippen LogP contribution in [0.5, 0.6) is 0 Å². The van der Waals surface area contributed by atoms with Gasteiger partial charge in [0.1, 0.15) is 17.0 Å². The second-order valence-electron chi connectivity index (χ2n) is 4.00. The fraction of sp³-hybridized carbons (Fsp3) is 0.0833. The molecule has 19 heavy (non-hydrogen) atoms. The van der Waals surface area contributed by atoms with Crippen LogP contribution >= 0.6 is 0 Å². The number of benzene rings is 1. The first-order valence-corrected chi connectivity index (χ1v) is 5.49. The summed E-state index contributed by atoms with van der Waals surface area (Å²) in [5, 5.41) is 4.28. The smallest absolute Gasteiger partial charge is 0.261 e. The molecule has 0 aliphatic rings. The zero-order valence-corrected chi connectivity index (χ0v) is 9.60. The van der Waals surface area contributed by atoms with Gasteiger partial charge in [-0.15, -0.1) is 0 Å². The lowest BCUT2D eigenvalue weighted by Gasteiger charge is -2.04. The fourth-order valence-corrected chi connectivity index (χ4v) is 1.82. The number of nitrogens with one attached hydrogen (secondary N) is 1. The molecular formula is C12H8F2N4O. The van der Waals surface area contributed by atoms with E-state index in [-0.39, 0.29) is 28.7 Å². The third-order valence-corrected chi connectivity index (χ3v) is 2.75. The SMILES string of the molecule is O=c1[nH]cnc2nn(Cc3c(F)cccc3F)cc12. The van der Waals surface area contributed by atoms with Gasteiger partial charge in [-0.1, -0.05) is 6.07 Å². The molecule has 7 heteroatoms. The molecule has 96 valence electrons. The Labute approximate surface area is 105 Å². The minimum absolute atomic E-state index is 0.103. The monoisotopic (exact) mass is 262 g/mol. The van der Waals surface area contributed by atoms with Crippen molar-refractivity contribution in [3.8, 4) is 0 Å². The third kappa shape index (κ3) is 1.99. The first-order valence-electron chi connectivity index (χ1n) is 5.49. The van der Waals surface area contributed by atoms with Gasteiger partial charge in [0, 0.05) is 11.8 Å². The van der Waals surface area contributed by atoms with E-state index in [0.717, 1.165) is 0 Å². The van der Waals surface area contributed by atoms with Crippen LogP contribution in [-0.4, -0.2) is 19.7 Å². The highest BCUT2D eigenvalue weighted by molar-refractivity contribution is 5.71. The Hall–Kier alpha value is -2.57. The van der Waals surface area contributed by atoms with Gasteiger partial charge in [-0.05, 0) is 12.1 Å². The average Bonchev–Trinajstić information content (AvgIpc) is 2.78. The van der Waals surface area contributed by atoms with E-state index in [0.29, 0.717) is 0 Å². The van der Waals surface area contributed by atoms with Crippen molar-refractivity contribution >= 4 is 11.0 Å². The van der Waals surface area contributed by atoms with Gasteiger partial charge in [0.2, 0.25) is 0 Å². The van der Waals surface area contributed by atoms with E-state index in [1.54, 1.807) is 0 Å². The summed E-state index contributed by atoms with van der Waals surface area (Å²) < 4.78 is 28.3. The molecule has 0 aliphatic carbocycles. The number of H-pyrrole nitrogens is 1. The molecule has 3 aromatic rings. The predicted octanol–water partition coefficient (Wildman–Crippen LogP) is 1.45. The number of rotatable bonds is 2. The van der Waals surface area contributed by atoms with Crippen LogP contribution in [0.4, 0.5) is 8.78 Å². The first kappa shape index (κ1) is 11.5. The largest absolute Gasteiger partial charge is 0.312 e. The number of aromatic amines is 1. The number of hydrogen-bond acceptors (Lipinski definition) is 3. The molecule has 3 rings (SSSR count). The molecule has 1 N–H and O–H groups in total. The molecule has 0 bridgehead atoms. The Morgan fingerprint density at radius 2 is 2.00 bits per heavy atom. The molecule has 0 saturated carbocycles. The number of halogens is 2. The van der Waals surface area contributed by atoms with Crippen molar-refractivity contribution < 1.29 is 8.78 Å². The van der Waals surface area contributed by atoms with Crippen molar-refractivity contribution in [1.82, 2.24) is 19.7 Å². The zero-order chi connectivity index (χ0) is 13.4. The highest BCUT2D eigenvalue weighted by atomic mass is 19.1. The highest BCUT2D eigenvalue weighted by Crippen LogP contribution is 2.14. The van der Waals surface area contributed by atoms with Crippen LogP contribution in [0, 0.1) is 11.6 Å². The van der Waals surface area contributed by atoms with Crippen LogP contribution in [0.3, 0.4) is 0 Å². The molecule has 0 unspecified atom stereocenters. The summed E-state index contributed by atoms with van der Waals surface area (Å²) >= 11 is 0. The number of aromatic nitrogens is 4. The maximum Gasteiger partial charge on any atom is 0.261 e. The van der Waals surface area contributed by atoms with Crippen molar-refractivity contribution in [3.63, 3.8) is 0 Å². The normalized spacial score (nSPS) is 11.1. The van der Waals surface area contributed by atoms with Gasteiger partial charge in [-0.25, -0.2) is 13.8 Å². The third-order valence-electron chi connectivity index (χ3n) is 2.75. The maximum atomic E-state index is 13.5. The average molecular weight is 262 g/mol. The second kappa shape index (κ2) is 4.27. The van der Waals surface area contributed by atoms with E-state index in [1.807, 2.05) is 0 Å². The van der Waals surface area contributed by atoms with Crippen LogP contribution in [0.15, 0.2) is 35.5 Å². The molecule has 0 amide bonds. The van der Waals surface area contributed by atoms with Gasteiger partial charge >= 0.3 is 0 Å². The minimum atomic E-state index is -0.651. The van der Waals surface area contributed by atoms with E-state index >= 15 is 0 Å².